The minimum Gasteiger partial charge on any atom is -0.354 e. The zero-order valence-corrected chi connectivity index (χ0v) is 10.9. The summed E-state index contributed by atoms with van der Waals surface area (Å²) in [6, 6.07) is 0. The number of H-pyrrole nitrogens is 1. The molecule has 1 aliphatic rings. The van der Waals surface area contributed by atoms with Crippen molar-refractivity contribution in [3.05, 3.63) is 27.8 Å². The fourth-order valence-electron chi connectivity index (χ4n) is 2.20. The maximum atomic E-state index is 11.8. The topological polar surface area (TPSA) is 99.8 Å². The molecule has 0 aliphatic carbocycles. The van der Waals surface area contributed by atoms with Crippen molar-refractivity contribution in [2.24, 2.45) is 0 Å². The van der Waals surface area contributed by atoms with Crippen LogP contribution in [0.4, 0.5) is 5.82 Å². The van der Waals surface area contributed by atoms with Gasteiger partial charge in [0.2, 0.25) is 5.91 Å². The van der Waals surface area contributed by atoms with E-state index >= 15 is 0 Å². The van der Waals surface area contributed by atoms with Crippen molar-refractivity contribution >= 4 is 29.0 Å². The van der Waals surface area contributed by atoms with Crippen LogP contribution >= 0.6 is 11.3 Å². The van der Waals surface area contributed by atoms with Crippen molar-refractivity contribution in [1.82, 2.24) is 20.5 Å². The van der Waals surface area contributed by atoms with E-state index in [1.165, 1.54) is 11.3 Å². The highest BCUT2D eigenvalue weighted by Gasteiger charge is 2.34. The summed E-state index contributed by atoms with van der Waals surface area (Å²) in [6.07, 6.45) is 0.264. The van der Waals surface area contributed by atoms with Crippen molar-refractivity contribution in [3.8, 4) is 0 Å². The number of aromatic amines is 1. The number of fused-ring (bicyclic) bond motifs is 1. The van der Waals surface area contributed by atoms with E-state index in [1.807, 2.05) is 5.38 Å². The second kappa shape index (κ2) is 4.47. The monoisotopic (exact) mass is 277 g/mol. The SMILES string of the molecule is CNC(=O)c1[nH]nc2c1C(c1cscn1)CC(=O)N2. The Labute approximate surface area is 112 Å². The second-order valence-corrected chi connectivity index (χ2v) is 4.88. The second-order valence-electron chi connectivity index (χ2n) is 4.16. The highest BCUT2D eigenvalue weighted by Crippen LogP contribution is 2.37. The Kier molecular flexibility index (Phi) is 2.79. The molecule has 3 rings (SSSR count). The van der Waals surface area contributed by atoms with E-state index < -0.39 is 0 Å². The molecule has 0 bridgehead atoms. The van der Waals surface area contributed by atoms with Gasteiger partial charge in [-0.2, -0.15) is 5.10 Å². The number of thiazole rings is 1. The molecule has 0 aromatic carbocycles. The summed E-state index contributed by atoms with van der Waals surface area (Å²) < 4.78 is 0. The summed E-state index contributed by atoms with van der Waals surface area (Å²) in [5, 5.41) is 13.8. The number of carbonyl (C=O) groups excluding carboxylic acids is 2. The maximum absolute atomic E-state index is 11.8. The Morgan fingerprint density at radius 3 is 3.11 bits per heavy atom. The highest BCUT2D eigenvalue weighted by molar-refractivity contribution is 7.07. The van der Waals surface area contributed by atoms with Gasteiger partial charge in [-0.15, -0.1) is 11.3 Å². The highest BCUT2D eigenvalue weighted by atomic mass is 32.1. The van der Waals surface area contributed by atoms with Gasteiger partial charge in [0, 0.05) is 30.3 Å². The molecule has 2 amide bonds. The van der Waals surface area contributed by atoms with Crippen LogP contribution in [0.3, 0.4) is 0 Å². The first-order valence-electron chi connectivity index (χ1n) is 5.69. The Morgan fingerprint density at radius 1 is 1.58 bits per heavy atom. The fraction of sp³-hybridized carbons (Fsp3) is 0.273. The third kappa shape index (κ3) is 1.89. The average molecular weight is 277 g/mol. The van der Waals surface area contributed by atoms with E-state index in [4.69, 9.17) is 0 Å². The van der Waals surface area contributed by atoms with Gasteiger partial charge >= 0.3 is 0 Å². The number of hydrogen-bond donors (Lipinski definition) is 3. The molecule has 19 heavy (non-hydrogen) atoms. The van der Waals surface area contributed by atoms with E-state index in [2.05, 4.69) is 25.8 Å². The molecular weight excluding hydrogens is 266 g/mol. The molecule has 0 saturated carbocycles. The number of hydrogen-bond acceptors (Lipinski definition) is 5. The zero-order chi connectivity index (χ0) is 13.4. The summed E-state index contributed by atoms with van der Waals surface area (Å²) in [4.78, 5) is 27.8. The van der Waals surface area contributed by atoms with Gasteiger partial charge in [0.25, 0.3) is 5.91 Å². The van der Waals surface area contributed by atoms with Crippen LogP contribution in [0.15, 0.2) is 10.9 Å². The molecule has 0 fully saturated rings. The molecule has 8 heteroatoms. The van der Waals surface area contributed by atoms with Gasteiger partial charge in [0.1, 0.15) is 5.69 Å². The van der Waals surface area contributed by atoms with Crippen LogP contribution in [0.1, 0.15) is 34.1 Å². The minimum absolute atomic E-state index is 0.125. The molecule has 1 atom stereocenters. The number of anilines is 1. The van der Waals surface area contributed by atoms with Gasteiger partial charge < -0.3 is 10.6 Å². The van der Waals surface area contributed by atoms with Crippen molar-refractivity contribution in [1.29, 1.82) is 0 Å². The van der Waals surface area contributed by atoms with E-state index in [-0.39, 0.29) is 24.2 Å². The van der Waals surface area contributed by atoms with Crippen LogP contribution in [0.5, 0.6) is 0 Å². The molecule has 2 aromatic heterocycles. The first-order valence-corrected chi connectivity index (χ1v) is 6.63. The number of nitrogens with one attached hydrogen (secondary N) is 3. The minimum atomic E-state index is -0.259. The van der Waals surface area contributed by atoms with Crippen LogP contribution in [-0.2, 0) is 4.79 Å². The molecule has 3 heterocycles. The smallest absolute Gasteiger partial charge is 0.269 e. The molecule has 0 spiro atoms. The summed E-state index contributed by atoms with van der Waals surface area (Å²) in [6.45, 7) is 0. The predicted molar refractivity (Wildman–Crippen MR) is 69.2 cm³/mol. The third-order valence-electron chi connectivity index (χ3n) is 3.06. The number of amides is 2. The lowest BCUT2D eigenvalue weighted by molar-refractivity contribution is -0.116. The first-order chi connectivity index (χ1) is 9.20. The van der Waals surface area contributed by atoms with Crippen LogP contribution in [0, 0.1) is 0 Å². The van der Waals surface area contributed by atoms with Crippen molar-refractivity contribution in [2.45, 2.75) is 12.3 Å². The molecule has 0 saturated heterocycles. The lowest BCUT2D eigenvalue weighted by Gasteiger charge is -2.21. The Bertz CT molecular complexity index is 634. The normalized spacial score (nSPS) is 17.7. The van der Waals surface area contributed by atoms with Crippen LogP contribution in [-0.4, -0.2) is 34.0 Å². The van der Waals surface area contributed by atoms with Gasteiger partial charge in [-0.25, -0.2) is 4.98 Å². The third-order valence-corrected chi connectivity index (χ3v) is 3.67. The lowest BCUT2D eigenvalue weighted by atomic mass is 9.89. The Hall–Kier alpha value is -2.22. The summed E-state index contributed by atoms with van der Waals surface area (Å²) >= 11 is 1.46. The molecule has 1 aliphatic heterocycles. The van der Waals surface area contributed by atoms with Gasteiger partial charge in [0.05, 0.1) is 11.2 Å². The largest absolute Gasteiger partial charge is 0.354 e. The van der Waals surface area contributed by atoms with Crippen molar-refractivity contribution in [3.63, 3.8) is 0 Å². The van der Waals surface area contributed by atoms with Gasteiger partial charge in [-0.3, -0.25) is 14.7 Å². The predicted octanol–water partition coefficient (Wildman–Crippen LogP) is 0.700. The summed E-state index contributed by atoms with van der Waals surface area (Å²) in [5.74, 6) is -0.209. The molecular formula is C11H11N5O2S. The van der Waals surface area contributed by atoms with Gasteiger partial charge in [-0.1, -0.05) is 0 Å². The standard InChI is InChI=1S/C11H11N5O2S/c1-12-11(18)9-8-5(6-3-19-4-13-6)2-7(17)14-10(8)16-15-9/h3-5H,2H2,1H3,(H,12,18)(H2,14,15,16,17). The zero-order valence-electron chi connectivity index (χ0n) is 10.1. The fourth-order valence-corrected chi connectivity index (χ4v) is 2.81. The Balaban J connectivity index is 2.12. The molecule has 2 aromatic rings. The van der Waals surface area contributed by atoms with Gasteiger partial charge in [0.15, 0.2) is 5.82 Å². The molecule has 1 unspecified atom stereocenters. The van der Waals surface area contributed by atoms with Crippen molar-refractivity contribution in [2.75, 3.05) is 12.4 Å². The molecule has 3 N–H and O–H groups in total. The van der Waals surface area contributed by atoms with Crippen LogP contribution in [0.2, 0.25) is 0 Å². The number of rotatable bonds is 2. The van der Waals surface area contributed by atoms with Gasteiger partial charge in [-0.05, 0) is 0 Å². The molecule has 0 radical (unpaired) electrons. The summed E-state index contributed by atoms with van der Waals surface area (Å²) in [7, 11) is 1.55. The van der Waals surface area contributed by atoms with E-state index in [9.17, 15) is 9.59 Å². The molecule has 7 nitrogen and oxygen atoms in total. The number of carbonyl (C=O) groups is 2. The quantitative estimate of drug-likeness (QED) is 0.752. The van der Waals surface area contributed by atoms with E-state index in [0.717, 1.165) is 5.69 Å². The van der Waals surface area contributed by atoms with Crippen LogP contribution < -0.4 is 10.6 Å². The Morgan fingerprint density at radius 2 is 2.42 bits per heavy atom. The maximum Gasteiger partial charge on any atom is 0.269 e. The number of aromatic nitrogens is 3. The first kappa shape index (κ1) is 11.8. The van der Waals surface area contributed by atoms with E-state index in [0.29, 0.717) is 17.1 Å². The van der Waals surface area contributed by atoms with E-state index in [1.54, 1.807) is 12.6 Å². The average Bonchev–Trinajstić information content (AvgIpc) is 3.05. The van der Waals surface area contributed by atoms with Crippen molar-refractivity contribution < 1.29 is 9.59 Å². The van der Waals surface area contributed by atoms with Crippen LogP contribution in [0.25, 0.3) is 0 Å². The lowest BCUT2D eigenvalue weighted by Crippen LogP contribution is -2.26. The summed E-state index contributed by atoms with van der Waals surface area (Å²) in [5.41, 5.74) is 3.56. The number of nitrogens with zero attached hydrogens (tertiary/aromatic N) is 2. The molecule has 98 valence electrons.